The van der Waals surface area contributed by atoms with Gasteiger partial charge in [0.1, 0.15) is 0 Å². The van der Waals surface area contributed by atoms with Crippen molar-refractivity contribution in [3.63, 3.8) is 0 Å². The van der Waals surface area contributed by atoms with Gasteiger partial charge in [0, 0.05) is 24.7 Å². The van der Waals surface area contributed by atoms with Crippen molar-refractivity contribution in [2.75, 3.05) is 20.8 Å². The van der Waals surface area contributed by atoms with E-state index in [4.69, 9.17) is 19.9 Å². The summed E-state index contributed by atoms with van der Waals surface area (Å²) in [4.78, 5) is 16.7. The van der Waals surface area contributed by atoms with Gasteiger partial charge < -0.3 is 25.3 Å². The lowest BCUT2D eigenvalue weighted by atomic mass is 9.95. The van der Waals surface area contributed by atoms with Gasteiger partial charge in [-0.25, -0.2) is 4.98 Å². The zero-order valence-electron chi connectivity index (χ0n) is 16.3. The molecule has 1 heterocycles. The van der Waals surface area contributed by atoms with E-state index >= 15 is 0 Å². The molecule has 1 saturated carbocycles. The Morgan fingerprint density at radius 3 is 2.54 bits per heavy atom. The lowest BCUT2D eigenvalue weighted by Crippen LogP contribution is -2.34. The van der Waals surface area contributed by atoms with Crippen LogP contribution >= 0.6 is 0 Å². The third-order valence-corrected chi connectivity index (χ3v) is 5.15. The summed E-state index contributed by atoms with van der Waals surface area (Å²) in [5.74, 6) is 2.40. The summed E-state index contributed by atoms with van der Waals surface area (Å²) in [6, 6.07) is 9.03. The van der Waals surface area contributed by atoms with Crippen LogP contribution in [-0.4, -0.2) is 31.7 Å². The minimum Gasteiger partial charge on any atom is -0.493 e. The first kappa shape index (κ1) is 19.9. The molecule has 0 radical (unpaired) electrons. The van der Waals surface area contributed by atoms with Crippen molar-refractivity contribution in [1.82, 2.24) is 10.3 Å². The fourth-order valence-electron chi connectivity index (χ4n) is 3.58. The molecule has 0 saturated heterocycles. The summed E-state index contributed by atoms with van der Waals surface area (Å²) in [5, 5.41) is 3.00. The normalized spacial score (nSPS) is 18.5. The molecule has 1 aromatic carbocycles. The summed E-state index contributed by atoms with van der Waals surface area (Å²) < 4.78 is 16.5. The van der Waals surface area contributed by atoms with E-state index in [2.05, 4.69) is 10.3 Å². The summed E-state index contributed by atoms with van der Waals surface area (Å²) in [7, 11) is 3.14. The topological polar surface area (TPSA) is 95.7 Å². The quantitative estimate of drug-likeness (QED) is 0.725. The number of ether oxygens (including phenoxy) is 3. The van der Waals surface area contributed by atoms with Gasteiger partial charge in [-0.05, 0) is 43.0 Å². The molecule has 28 heavy (non-hydrogen) atoms. The maximum atomic E-state index is 12.4. The Labute approximate surface area is 165 Å². The molecule has 1 aliphatic rings. The predicted molar refractivity (Wildman–Crippen MR) is 106 cm³/mol. The largest absolute Gasteiger partial charge is 0.493 e. The summed E-state index contributed by atoms with van der Waals surface area (Å²) in [6.45, 7) is 0.996. The van der Waals surface area contributed by atoms with Crippen LogP contribution in [0.4, 0.5) is 0 Å². The van der Waals surface area contributed by atoms with Crippen LogP contribution in [0.5, 0.6) is 23.1 Å². The third kappa shape index (κ3) is 4.54. The zero-order valence-corrected chi connectivity index (χ0v) is 16.3. The minimum absolute atomic E-state index is 0.0265. The molecule has 1 fully saturated rings. The molecule has 1 aliphatic carbocycles. The second-order valence-corrected chi connectivity index (χ2v) is 6.85. The molecule has 2 aromatic rings. The Balaban J connectivity index is 1.61. The standard InChI is InChI=1S/C21H27N3O4/c1-26-17-7-4-8-18(27-2)20(17)28-19-10-9-14(12-23-19)13-24-21(25)16-6-3-5-15(16)11-22/h4,7-10,12,15-16H,3,5-6,11,13,22H2,1-2H3,(H,24,25)/t15-,16-/m1/s1. The molecule has 7 heteroatoms. The van der Waals surface area contributed by atoms with Gasteiger partial charge in [-0.3, -0.25) is 4.79 Å². The Morgan fingerprint density at radius 1 is 1.18 bits per heavy atom. The Kier molecular flexibility index (Phi) is 6.71. The highest BCUT2D eigenvalue weighted by Gasteiger charge is 2.31. The van der Waals surface area contributed by atoms with Crippen LogP contribution in [0.2, 0.25) is 0 Å². The van der Waals surface area contributed by atoms with Gasteiger partial charge >= 0.3 is 0 Å². The molecule has 7 nitrogen and oxygen atoms in total. The Morgan fingerprint density at radius 2 is 1.93 bits per heavy atom. The maximum Gasteiger partial charge on any atom is 0.223 e. The number of hydrogen-bond acceptors (Lipinski definition) is 6. The van der Waals surface area contributed by atoms with Gasteiger partial charge in [0.05, 0.1) is 14.2 Å². The summed E-state index contributed by atoms with van der Waals surface area (Å²) in [5.41, 5.74) is 6.67. The number of rotatable bonds is 8. The smallest absolute Gasteiger partial charge is 0.223 e. The SMILES string of the molecule is COc1cccc(OC)c1Oc1ccc(CNC(=O)[C@@H]2CCC[C@@H]2CN)cn1. The van der Waals surface area contributed by atoms with Crippen LogP contribution in [0.3, 0.4) is 0 Å². The number of nitrogens with one attached hydrogen (secondary N) is 1. The fourth-order valence-corrected chi connectivity index (χ4v) is 3.58. The van der Waals surface area contributed by atoms with Gasteiger partial charge in [-0.2, -0.15) is 0 Å². The number of aromatic nitrogens is 1. The molecular formula is C21H27N3O4. The van der Waals surface area contributed by atoms with Gasteiger partial charge in [0.25, 0.3) is 0 Å². The molecule has 0 aliphatic heterocycles. The second kappa shape index (κ2) is 9.41. The Hall–Kier alpha value is -2.80. The zero-order chi connectivity index (χ0) is 19.9. The number of nitrogens with two attached hydrogens (primary N) is 1. The first-order valence-corrected chi connectivity index (χ1v) is 9.47. The number of nitrogens with zero attached hydrogens (tertiary/aromatic N) is 1. The molecule has 3 rings (SSSR count). The van der Waals surface area contributed by atoms with Crippen molar-refractivity contribution >= 4 is 5.91 Å². The van der Waals surface area contributed by atoms with E-state index in [9.17, 15) is 4.79 Å². The van der Waals surface area contributed by atoms with Crippen molar-refractivity contribution in [3.05, 3.63) is 42.1 Å². The van der Waals surface area contributed by atoms with E-state index < -0.39 is 0 Å². The average Bonchev–Trinajstić information content (AvgIpc) is 3.22. The van der Waals surface area contributed by atoms with E-state index in [1.807, 2.05) is 12.1 Å². The first-order chi connectivity index (χ1) is 13.7. The average molecular weight is 385 g/mol. The molecule has 0 spiro atoms. The Bertz CT molecular complexity index is 772. The fraction of sp³-hybridized carbons (Fsp3) is 0.429. The van der Waals surface area contributed by atoms with Gasteiger partial charge in [0.15, 0.2) is 11.5 Å². The van der Waals surface area contributed by atoms with E-state index in [0.717, 1.165) is 24.8 Å². The molecule has 0 unspecified atom stereocenters. The highest BCUT2D eigenvalue weighted by Crippen LogP contribution is 2.39. The number of benzene rings is 1. The predicted octanol–water partition coefficient (Wildman–Crippen LogP) is 2.88. The summed E-state index contributed by atoms with van der Waals surface area (Å²) in [6.07, 6.45) is 4.71. The lowest BCUT2D eigenvalue weighted by Gasteiger charge is -2.17. The van der Waals surface area contributed by atoms with Crippen molar-refractivity contribution in [2.24, 2.45) is 17.6 Å². The van der Waals surface area contributed by atoms with Crippen LogP contribution in [0.25, 0.3) is 0 Å². The molecular weight excluding hydrogens is 358 g/mol. The van der Waals surface area contributed by atoms with Crippen molar-refractivity contribution in [1.29, 1.82) is 0 Å². The van der Waals surface area contributed by atoms with Gasteiger partial charge in [-0.1, -0.05) is 18.6 Å². The number of methoxy groups -OCH3 is 2. The highest BCUT2D eigenvalue weighted by atomic mass is 16.5. The number of amides is 1. The van der Waals surface area contributed by atoms with Crippen molar-refractivity contribution in [3.8, 4) is 23.1 Å². The van der Waals surface area contributed by atoms with Gasteiger partial charge in [0.2, 0.25) is 17.5 Å². The molecule has 0 bridgehead atoms. The molecule has 3 N–H and O–H groups in total. The number of carbonyl (C=O) groups excluding carboxylic acids is 1. The van der Waals surface area contributed by atoms with Crippen LogP contribution in [0.1, 0.15) is 24.8 Å². The molecule has 1 aromatic heterocycles. The number of para-hydroxylation sites is 1. The minimum atomic E-state index is 0.0265. The number of hydrogen-bond donors (Lipinski definition) is 2. The first-order valence-electron chi connectivity index (χ1n) is 9.47. The van der Waals surface area contributed by atoms with Crippen LogP contribution < -0.4 is 25.3 Å². The highest BCUT2D eigenvalue weighted by molar-refractivity contribution is 5.79. The van der Waals surface area contributed by atoms with Crippen molar-refractivity contribution in [2.45, 2.75) is 25.8 Å². The number of carbonyl (C=O) groups is 1. The van der Waals surface area contributed by atoms with Crippen molar-refractivity contribution < 1.29 is 19.0 Å². The second-order valence-electron chi connectivity index (χ2n) is 6.85. The van der Waals surface area contributed by atoms with Crippen LogP contribution in [0, 0.1) is 11.8 Å². The van der Waals surface area contributed by atoms with Crippen LogP contribution in [-0.2, 0) is 11.3 Å². The van der Waals surface area contributed by atoms with E-state index in [1.54, 1.807) is 38.6 Å². The molecule has 2 atom stereocenters. The molecule has 1 amide bonds. The molecule has 150 valence electrons. The van der Waals surface area contributed by atoms with Crippen LogP contribution in [0.15, 0.2) is 36.5 Å². The lowest BCUT2D eigenvalue weighted by molar-refractivity contribution is -0.126. The third-order valence-electron chi connectivity index (χ3n) is 5.15. The summed E-state index contributed by atoms with van der Waals surface area (Å²) >= 11 is 0. The van der Waals surface area contributed by atoms with E-state index in [0.29, 0.717) is 42.1 Å². The monoisotopic (exact) mass is 385 g/mol. The maximum absolute atomic E-state index is 12.4. The number of pyridine rings is 1. The van der Waals surface area contributed by atoms with Gasteiger partial charge in [-0.15, -0.1) is 0 Å². The van der Waals surface area contributed by atoms with E-state index in [-0.39, 0.29) is 11.8 Å². The van der Waals surface area contributed by atoms with E-state index in [1.165, 1.54) is 0 Å².